The maximum absolute atomic E-state index is 12.9. The number of nitrogens with zero attached hydrogens (tertiary/aromatic N) is 2. The average molecular weight is 541 g/mol. The normalized spacial score (nSPS) is 19.9. The molecular formula is C27H28N2O10. The zero-order chi connectivity index (χ0) is 29.0. The van der Waals surface area contributed by atoms with E-state index in [-0.39, 0.29) is 35.3 Å². The van der Waals surface area contributed by atoms with Gasteiger partial charge in [-0.3, -0.25) is 39.4 Å². The number of carbonyl (C=O) groups excluding carboxylic acids is 4. The van der Waals surface area contributed by atoms with E-state index in [9.17, 15) is 39.4 Å². The molecule has 0 aromatic heterocycles. The summed E-state index contributed by atoms with van der Waals surface area (Å²) >= 11 is 0. The third-order valence-corrected chi connectivity index (χ3v) is 7.03. The Kier molecular flexibility index (Phi) is 8.58. The molecule has 1 fully saturated rings. The molecule has 2 aromatic rings. The highest BCUT2D eigenvalue weighted by Gasteiger charge is 2.50. The molecule has 1 saturated carbocycles. The van der Waals surface area contributed by atoms with E-state index in [4.69, 9.17) is 9.47 Å². The fourth-order valence-corrected chi connectivity index (χ4v) is 4.93. The van der Waals surface area contributed by atoms with Gasteiger partial charge >= 0.3 is 11.9 Å². The molecule has 206 valence electrons. The Hall–Kier alpha value is -4.48. The average Bonchev–Trinajstić information content (AvgIpc) is 2.89. The van der Waals surface area contributed by atoms with Crippen LogP contribution in [0.1, 0.15) is 60.7 Å². The topological polar surface area (TPSA) is 173 Å². The molecule has 0 saturated heterocycles. The van der Waals surface area contributed by atoms with Crippen molar-refractivity contribution in [1.82, 2.24) is 0 Å². The van der Waals surface area contributed by atoms with Crippen molar-refractivity contribution in [1.29, 1.82) is 0 Å². The molecule has 12 nitrogen and oxygen atoms in total. The SMILES string of the molecule is CC1(C(=O)OCC(=O)c2ccc([N+](=O)[O-])cc2)CCC(C(=O)OCC(=O)c2ccc([N+](=O)[O-])cc2)C(C)(C)C1. The number of hydrogen-bond donors (Lipinski definition) is 0. The second-order valence-corrected chi connectivity index (χ2v) is 10.5. The van der Waals surface area contributed by atoms with Crippen LogP contribution in [0, 0.1) is 37.0 Å². The first-order valence-corrected chi connectivity index (χ1v) is 12.1. The summed E-state index contributed by atoms with van der Waals surface area (Å²) in [5.74, 6) is -2.77. The Morgan fingerprint density at radius 2 is 1.23 bits per heavy atom. The molecule has 0 radical (unpaired) electrons. The van der Waals surface area contributed by atoms with Crippen molar-refractivity contribution in [3.05, 3.63) is 79.9 Å². The van der Waals surface area contributed by atoms with E-state index in [2.05, 4.69) is 0 Å². The van der Waals surface area contributed by atoms with Crippen molar-refractivity contribution in [2.75, 3.05) is 13.2 Å². The van der Waals surface area contributed by atoms with Crippen molar-refractivity contribution in [2.45, 2.75) is 40.0 Å². The highest BCUT2D eigenvalue weighted by atomic mass is 16.6. The van der Waals surface area contributed by atoms with Crippen LogP contribution in [-0.2, 0) is 19.1 Å². The highest BCUT2D eigenvalue weighted by Crippen LogP contribution is 2.50. The molecule has 1 aliphatic rings. The maximum Gasteiger partial charge on any atom is 0.312 e. The van der Waals surface area contributed by atoms with Gasteiger partial charge in [0.25, 0.3) is 11.4 Å². The minimum atomic E-state index is -0.968. The summed E-state index contributed by atoms with van der Waals surface area (Å²) in [4.78, 5) is 70.9. The number of nitro groups is 2. The summed E-state index contributed by atoms with van der Waals surface area (Å²) in [6, 6.07) is 9.95. The van der Waals surface area contributed by atoms with E-state index in [1.165, 1.54) is 48.5 Å². The number of nitro benzene ring substituents is 2. The van der Waals surface area contributed by atoms with Crippen LogP contribution in [0.15, 0.2) is 48.5 Å². The van der Waals surface area contributed by atoms with Gasteiger partial charge in [-0.05, 0) is 55.9 Å². The standard InChI is InChI=1S/C27H28N2O10/c1-26(2)16-27(3,25(33)39-15-23(31)18-6-10-20(11-7-18)29(36)37)13-12-21(26)24(32)38-14-22(30)17-4-8-19(9-5-17)28(34)35/h4-11,21H,12-16H2,1-3H3. The lowest BCUT2D eigenvalue weighted by Crippen LogP contribution is -2.46. The first kappa shape index (κ1) is 29.1. The molecule has 2 unspecified atom stereocenters. The number of ether oxygens (including phenoxy) is 2. The second-order valence-electron chi connectivity index (χ2n) is 10.5. The lowest BCUT2D eigenvalue weighted by Gasteiger charge is -2.45. The number of esters is 2. The van der Waals surface area contributed by atoms with E-state index in [1.807, 2.05) is 13.8 Å². The van der Waals surface area contributed by atoms with Crippen LogP contribution < -0.4 is 0 Å². The van der Waals surface area contributed by atoms with Gasteiger partial charge in [0.05, 0.1) is 21.2 Å². The van der Waals surface area contributed by atoms with Crippen molar-refractivity contribution in [3.8, 4) is 0 Å². The van der Waals surface area contributed by atoms with Gasteiger partial charge in [0.2, 0.25) is 0 Å². The van der Waals surface area contributed by atoms with Crippen molar-refractivity contribution in [3.63, 3.8) is 0 Å². The Labute approximate surface area is 223 Å². The molecular weight excluding hydrogens is 512 g/mol. The fraction of sp³-hybridized carbons (Fsp3) is 0.407. The lowest BCUT2D eigenvalue weighted by atomic mass is 9.59. The number of carbonyl (C=O) groups is 4. The predicted molar refractivity (Wildman–Crippen MR) is 136 cm³/mol. The van der Waals surface area contributed by atoms with E-state index < -0.39 is 63.3 Å². The van der Waals surface area contributed by atoms with E-state index in [0.29, 0.717) is 6.42 Å². The monoisotopic (exact) mass is 540 g/mol. The Morgan fingerprint density at radius 1 is 0.795 bits per heavy atom. The number of hydrogen-bond acceptors (Lipinski definition) is 10. The maximum atomic E-state index is 12.9. The molecule has 0 spiro atoms. The second kappa shape index (κ2) is 11.5. The fourth-order valence-electron chi connectivity index (χ4n) is 4.93. The van der Waals surface area contributed by atoms with Gasteiger partial charge in [-0.25, -0.2) is 0 Å². The number of ketones is 2. The number of benzene rings is 2. The first-order valence-electron chi connectivity index (χ1n) is 12.1. The summed E-state index contributed by atoms with van der Waals surface area (Å²) in [6.45, 7) is 4.27. The molecule has 39 heavy (non-hydrogen) atoms. The molecule has 12 heteroatoms. The number of rotatable bonds is 10. The minimum absolute atomic E-state index is 0.162. The Morgan fingerprint density at radius 3 is 1.64 bits per heavy atom. The smallest absolute Gasteiger partial charge is 0.312 e. The van der Waals surface area contributed by atoms with Gasteiger partial charge in [0.15, 0.2) is 24.8 Å². The van der Waals surface area contributed by atoms with Gasteiger partial charge < -0.3 is 9.47 Å². The quantitative estimate of drug-likeness (QED) is 0.181. The molecule has 0 heterocycles. The van der Waals surface area contributed by atoms with Gasteiger partial charge in [-0.15, -0.1) is 0 Å². The van der Waals surface area contributed by atoms with E-state index >= 15 is 0 Å². The lowest BCUT2D eigenvalue weighted by molar-refractivity contribution is -0.385. The summed E-state index contributed by atoms with van der Waals surface area (Å²) < 4.78 is 10.6. The van der Waals surface area contributed by atoms with Crippen LogP contribution in [0.4, 0.5) is 11.4 Å². The van der Waals surface area contributed by atoms with Crippen LogP contribution in [0.5, 0.6) is 0 Å². The molecule has 0 bridgehead atoms. The van der Waals surface area contributed by atoms with Crippen LogP contribution in [0.25, 0.3) is 0 Å². The van der Waals surface area contributed by atoms with Crippen molar-refractivity contribution < 1.29 is 38.5 Å². The Balaban J connectivity index is 1.54. The largest absolute Gasteiger partial charge is 0.457 e. The minimum Gasteiger partial charge on any atom is -0.457 e. The highest BCUT2D eigenvalue weighted by molar-refractivity contribution is 5.99. The molecule has 0 aliphatic heterocycles. The molecule has 0 amide bonds. The predicted octanol–water partition coefficient (Wildman–Crippen LogP) is 4.49. The first-order chi connectivity index (χ1) is 18.2. The molecule has 3 rings (SSSR count). The van der Waals surface area contributed by atoms with Gasteiger partial charge in [-0.2, -0.15) is 0 Å². The number of non-ortho nitro benzene ring substituents is 2. The Bertz CT molecular complexity index is 1300. The van der Waals surface area contributed by atoms with E-state index in [0.717, 1.165) is 0 Å². The molecule has 0 N–H and O–H groups in total. The van der Waals surface area contributed by atoms with Crippen LogP contribution in [0.2, 0.25) is 0 Å². The van der Waals surface area contributed by atoms with Gasteiger partial charge in [0, 0.05) is 35.4 Å². The zero-order valence-corrected chi connectivity index (χ0v) is 21.7. The van der Waals surface area contributed by atoms with Crippen LogP contribution in [-0.4, -0.2) is 46.6 Å². The van der Waals surface area contributed by atoms with Gasteiger partial charge in [-0.1, -0.05) is 13.8 Å². The third kappa shape index (κ3) is 6.89. The number of Topliss-reactive ketones (excluding diaryl/α,β-unsaturated/α-hetero) is 2. The van der Waals surface area contributed by atoms with Crippen LogP contribution in [0.3, 0.4) is 0 Å². The van der Waals surface area contributed by atoms with Crippen molar-refractivity contribution in [2.24, 2.45) is 16.7 Å². The molecule has 2 atom stereocenters. The molecule has 1 aliphatic carbocycles. The zero-order valence-electron chi connectivity index (χ0n) is 21.7. The van der Waals surface area contributed by atoms with Crippen molar-refractivity contribution >= 4 is 34.9 Å². The van der Waals surface area contributed by atoms with Gasteiger partial charge in [0.1, 0.15) is 0 Å². The molecule has 2 aromatic carbocycles. The van der Waals surface area contributed by atoms with E-state index in [1.54, 1.807) is 6.92 Å². The third-order valence-electron chi connectivity index (χ3n) is 7.03. The summed E-state index contributed by atoms with van der Waals surface area (Å²) in [5.41, 5.74) is -1.63. The summed E-state index contributed by atoms with van der Waals surface area (Å²) in [6.07, 6.45) is 0.844. The summed E-state index contributed by atoms with van der Waals surface area (Å²) in [5, 5.41) is 21.5. The summed E-state index contributed by atoms with van der Waals surface area (Å²) in [7, 11) is 0. The van der Waals surface area contributed by atoms with Crippen LogP contribution >= 0.6 is 0 Å².